The van der Waals surface area contributed by atoms with E-state index in [1.54, 1.807) is 12.4 Å². The molecule has 0 unspecified atom stereocenters. The summed E-state index contributed by atoms with van der Waals surface area (Å²) < 4.78 is 5.76. The number of ether oxygens (including phenoxy) is 1. The first-order valence-corrected chi connectivity index (χ1v) is 9.36. The number of rotatable bonds is 2. The topological polar surface area (TPSA) is 119 Å². The molecule has 8 heteroatoms. The minimum Gasteiger partial charge on any atom is -0.394 e. The molecule has 1 aliphatic carbocycles. The minimum atomic E-state index is -1.35. The van der Waals surface area contributed by atoms with Crippen molar-refractivity contribution in [2.24, 2.45) is 0 Å². The van der Waals surface area contributed by atoms with Gasteiger partial charge in [-0.05, 0) is 41.5 Å². The first-order chi connectivity index (χ1) is 13.1. The SMILES string of the molecule is OC[C@H]1O[C@@H](N2C[C@H]3C[C@@H](C2)c2cc4nccnc4cc23)[C@H](O)[C@@H](O)[C@@H]1O. The van der Waals surface area contributed by atoms with Crippen molar-refractivity contribution in [3.63, 3.8) is 0 Å². The molecule has 3 aliphatic rings. The summed E-state index contributed by atoms with van der Waals surface area (Å²) in [4.78, 5) is 10.8. The van der Waals surface area contributed by atoms with E-state index in [-0.39, 0.29) is 11.8 Å². The third-order valence-electron chi connectivity index (χ3n) is 6.26. The Kier molecular flexibility index (Phi) is 4.15. The van der Waals surface area contributed by atoms with Crippen LogP contribution < -0.4 is 0 Å². The molecule has 0 spiro atoms. The van der Waals surface area contributed by atoms with Gasteiger partial charge in [0.1, 0.15) is 30.6 Å². The van der Waals surface area contributed by atoms with Gasteiger partial charge in [0, 0.05) is 25.5 Å². The molecule has 2 bridgehead atoms. The number of aromatic nitrogens is 2. The Bertz CT molecular complexity index is 812. The Morgan fingerprint density at radius 1 is 0.926 bits per heavy atom. The van der Waals surface area contributed by atoms with Crippen LogP contribution in [-0.4, -0.2) is 85.6 Å². The van der Waals surface area contributed by atoms with Crippen molar-refractivity contribution in [1.82, 2.24) is 14.9 Å². The molecule has 27 heavy (non-hydrogen) atoms. The van der Waals surface area contributed by atoms with Crippen molar-refractivity contribution < 1.29 is 25.2 Å². The number of aliphatic hydroxyl groups excluding tert-OH is 4. The quantitative estimate of drug-likeness (QED) is 0.547. The summed E-state index contributed by atoms with van der Waals surface area (Å²) in [5, 5.41) is 40.0. The molecule has 0 amide bonds. The summed E-state index contributed by atoms with van der Waals surface area (Å²) in [5.74, 6) is 0.579. The minimum absolute atomic E-state index is 0.289. The van der Waals surface area contributed by atoms with Crippen LogP contribution >= 0.6 is 0 Å². The normalized spacial score (nSPS) is 38.9. The van der Waals surface area contributed by atoms with Gasteiger partial charge < -0.3 is 25.2 Å². The van der Waals surface area contributed by atoms with E-state index in [2.05, 4.69) is 22.1 Å². The van der Waals surface area contributed by atoms with E-state index in [4.69, 9.17) is 4.74 Å². The summed E-state index contributed by atoms with van der Waals surface area (Å²) in [6, 6.07) is 4.22. The predicted octanol–water partition coefficient (Wildman–Crippen LogP) is -0.684. The largest absolute Gasteiger partial charge is 0.394 e. The number of hydrogen-bond acceptors (Lipinski definition) is 8. The molecule has 1 aromatic heterocycles. The molecule has 2 saturated heterocycles. The summed E-state index contributed by atoms with van der Waals surface area (Å²) >= 11 is 0. The molecule has 144 valence electrons. The second-order valence-corrected chi connectivity index (χ2v) is 7.83. The van der Waals surface area contributed by atoms with E-state index in [0.717, 1.165) is 17.5 Å². The van der Waals surface area contributed by atoms with Gasteiger partial charge in [-0.2, -0.15) is 0 Å². The summed E-state index contributed by atoms with van der Waals surface area (Å²) in [7, 11) is 0. The van der Waals surface area contributed by atoms with Crippen molar-refractivity contribution in [3.05, 3.63) is 35.7 Å². The van der Waals surface area contributed by atoms with Crippen LogP contribution in [0.5, 0.6) is 0 Å². The van der Waals surface area contributed by atoms with Crippen LogP contribution in [0.1, 0.15) is 29.4 Å². The molecule has 7 atom stereocenters. The Balaban J connectivity index is 1.44. The number of hydrogen-bond donors (Lipinski definition) is 4. The molecule has 8 nitrogen and oxygen atoms in total. The molecule has 2 aliphatic heterocycles. The molecular weight excluding hydrogens is 350 g/mol. The number of aliphatic hydroxyl groups is 4. The fraction of sp³-hybridized carbons (Fsp3) is 0.579. The van der Waals surface area contributed by atoms with E-state index in [0.29, 0.717) is 13.1 Å². The van der Waals surface area contributed by atoms with E-state index in [1.165, 1.54) is 11.1 Å². The Morgan fingerprint density at radius 3 is 2.07 bits per heavy atom. The van der Waals surface area contributed by atoms with Crippen LogP contribution in [0.3, 0.4) is 0 Å². The van der Waals surface area contributed by atoms with Crippen molar-refractivity contribution >= 4 is 11.0 Å². The van der Waals surface area contributed by atoms with Gasteiger partial charge in [0.25, 0.3) is 0 Å². The average Bonchev–Trinajstić information content (AvgIpc) is 2.94. The van der Waals surface area contributed by atoms with Gasteiger partial charge in [-0.25, -0.2) is 0 Å². The van der Waals surface area contributed by atoms with Crippen LogP contribution in [-0.2, 0) is 4.74 Å². The lowest BCUT2D eigenvalue weighted by atomic mass is 9.92. The molecule has 2 aromatic rings. The smallest absolute Gasteiger partial charge is 0.140 e. The fourth-order valence-corrected chi connectivity index (χ4v) is 4.93. The van der Waals surface area contributed by atoms with E-state index >= 15 is 0 Å². The number of fused-ring (bicyclic) bond motifs is 6. The highest BCUT2D eigenvalue weighted by atomic mass is 16.6. The van der Waals surface area contributed by atoms with Gasteiger partial charge in [-0.15, -0.1) is 0 Å². The van der Waals surface area contributed by atoms with E-state index in [1.807, 2.05) is 4.90 Å². The maximum Gasteiger partial charge on any atom is 0.140 e. The van der Waals surface area contributed by atoms with Crippen LogP contribution in [0.2, 0.25) is 0 Å². The zero-order valence-electron chi connectivity index (χ0n) is 14.7. The van der Waals surface area contributed by atoms with Crippen molar-refractivity contribution in [3.8, 4) is 0 Å². The van der Waals surface area contributed by atoms with Gasteiger partial charge in [-0.1, -0.05) is 0 Å². The van der Waals surface area contributed by atoms with Crippen molar-refractivity contribution in [2.75, 3.05) is 19.7 Å². The lowest BCUT2D eigenvalue weighted by molar-refractivity contribution is -0.267. The summed E-state index contributed by atoms with van der Waals surface area (Å²) in [6.07, 6.45) is -1.14. The first-order valence-electron chi connectivity index (χ1n) is 9.36. The number of piperidine rings is 1. The van der Waals surface area contributed by atoms with Gasteiger partial charge in [0.15, 0.2) is 0 Å². The standard InChI is InChI=1S/C19H23N3O5/c23-8-15-16(24)17(25)18(26)19(27-15)22-6-9-3-10(7-22)12-5-14-13(4-11(9)12)20-1-2-21-14/h1-2,4-5,9-10,15-19,23-26H,3,6-8H2/t9-,10+,15-,16-,17+,18-,19-/m1/s1. The number of benzene rings is 1. The molecular formula is C19H23N3O5. The van der Waals surface area contributed by atoms with Gasteiger partial charge in [-0.3, -0.25) is 14.9 Å². The number of nitrogens with zero attached hydrogens (tertiary/aromatic N) is 3. The third-order valence-corrected chi connectivity index (χ3v) is 6.26. The highest BCUT2D eigenvalue weighted by Crippen LogP contribution is 2.47. The van der Waals surface area contributed by atoms with E-state index in [9.17, 15) is 20.4 Å². The molecule has 2 fully saturated rings. The van der Waals surface area contributed by atoms with Crippen LogP contribution in [0.25, 0.3) is 11.0 Å². The summed E-state index contributed by atoms with van der Waals surface area (Å²) in [6.45, 7) is 0.945. The molecule has 4 N–H and O–H groups in total. The van der Waals surface area contributed by atoms with E-state index < -0.39 is 37.3 Å². The van der Waals surface area contributed by atoms with Crippen LogP contribution in [0.15, 0.2) is 24.5 Å². The molecule has 3 heterocycles. The van der Waals surface area contributed by atoms with Crippen LogP contribution in [0, 0.1) is 0 Å². The zero-order chi connectivity index (χ0) is 18.7. The Morgan fingerprint density at radius 2 is 1.52 bits per heavy atom. The molecule has 5 rings (SSSR count). The molecule has 0 saturated carbocycles. The highest BCUT2D eigenvalue weighted by molar-refractivity contribution is 5.77. The van der Waals surface area contributed by atoms with Gasteiger partial charge in [0.05, 0.1) is 17.6 Å². The lowest BCUT2D eigenvalue weighted by Crippen LogP contribution is -2.64. The second-order valence-electron chi connectivity index (χ2n) is 7.83. The average molecular weight is 373 g/mol. The zero-order valence-corrected chi connectivity index (χ0v) is 14.7. The monoisotopic (exact) mass is 373 g/mol. The maximum atomic E-state index is 10.5. The maximum absolute atomic E-state index is 10.5. The summed E-state index contributed by atoms with van der Waals surface area (Å²) in [5.41, 5.74) is 4.28. The van der Waals surface area contributed by atoms with Crippen molar-refractivity contribution in [1.29, 1.82) is 0 Å². The predicted molar refractivity (Wildman–Crippen MR) is 95.0 cm³/mol. The highest BCUT2D eigenvalue weighted by Gasteiger charge is 2.49. The Labute approximate surface area is 156 Å². The number of likely N-dealkylation sites (tertiary alicyclic amines) is 1. The third kappa shape index (κ3) is 2.67. The lowest BCUT2D eigenvalue weighted by Gasteiger charge is -2.46. The van der Waals surface area contributed by atoms with Gasteiger partial charge >= 0.3 is 0 Å². The first kappa shape index (κ1) is 17.4. The fourth-order valence-electron chi connectivity index (χ4n) is 4.93. The molecule has 0 radical (unpaired) electrons. The van der Waals surface area contributed by atoms with Gasteiger partial charge in [0.2, 0.25) is 0 Å². The molecule has 1 aromatic carbocycles. The van der Waals surface area contributed by atoms with Crippen molar-refractivity contribution in [2.45, 2.75) is 48.9 Å². The second kappa shape index (κ2) is 6.44. The van der Waals surface area contributed by atoms with Crippen LogP contribution in [0.4, 0.5) is 0 Å². The Hall–Kier alpha value is -1.68.